The number of halogens is 3. The zero-order valence-corrected chi connectivity index (χ0v) is 16.1. The molecule has 0 atom stereocenters. The number of nitrogens with zero attached hydrogens (tertiary/aromatic N) is 2. The third-order valence-corrected chi connectivity index (χ3v) is 4.71. The van der Waals surface area contributed by atoms with E-state index in [4.69, 9.17) is 23.2 Å². The molecule has 2 aromatic carbocycles. The predicted molar refractivity (Wildman–Crippen MR) is 104 cm³/mol. The predicted octanol–water partition coefficient (Wildman–Crippen LogP) is 4.42. The number of aromatic amines is 1. The molecule has 1 amide bonds. The molecule has 1 aromatic heterocycles. The number of aromatic nitrogens is 2. The third kappa shape index (κ3) is 3.96. The molecule has 0 spiro atoms. The Morgan fingerprint density at radius 3 is 2.63 bits per heavy atom. The Bertz CT molecular complexity index is 1080. The van der Waals surface area contributed by atoms with Gasteiger partial charge in [0.1, 0.15) is 11.6 Å². The lowest BCUT2D eigenvalue weighted by Crippen LogP contribution is -2.37. The van der Waals surface area contributed by atoms with Gasteiger partial charge in [0.05, 0.1) is 33.1 Å². The zero-order chi connectivity index (χ0) is 19.7. The van der Waals surface area contributed by atoms with Crippen molar-refractivity contribution in [2.75, 3.05) is 0 Å². The van der Waals surface area contributed by atoms with Gasteiger partial charge in [-0.1, -0.05) is 35.3 Å². The molecule has 27 heavy (non-hydrogen) atoms. The summed E-state index contributed by atoms with van der Waals surface area (Å²) >= 11 is 11.8. The minimum absolute atomic E-state index is 0.00426. The van der Waals surface area contributed by atoms with Gasteiger partial charge >= 0.3 is 0 Å². The van der Waals surface area contributed by atoms with Crippen LogP contribution in [0.3, 0.4) is 0 Å². The Kier molecular flexibility index (Phi) is 5.48. The fourth-order valence-corrected chi connectivity index (χ4v) is 3.17. The Labute approximate surface area is 164 Å². The van der Waals surface area contributed by atoms with Crippen molar-refractivity contribution >= 4 is 40.0 Å². The third-order valence-electron chi connectivity index (χ3n) is 4.11. The zero-order valence-electron chi connectivity index (χ0n) is 14.6. The summed E-state index contributed by atoms with van der Waals surface area (Å²) in [5.41, 5.74) is 0.237. The smallest absolute Gasteiger partial charge is 0.258 e. The van der Waals surface area contributed by atoms with E-state index in [9.17, 15) is 14.0 Å². The van der Waals surface area contributed by atoms with Crippen LogP contribution in [0, 0.1) is 5.82 Å². The molecule has 5 nitrogen and oxygen atoms in total. The molecule has 0 fully saturated rings. The van der Waals surface area contributed by atoms with Gasteiger partial charge in [-0.25, -0.2) is 9.37 Å². The number of rotatable bonds is 4. The van der Waals surface area contributed by atoms with E-state index in [2.05, 4.69) is 9.97 Å². The first kappa shape index (κ1) is 19.3. The fourth-order valence-electron chi connectivity index (χ4n) is 2.70. The molecule has 1 N–H and O–H groups in total. The fraction of sp³-hybridized carbons (Fsp3) is 0.211. The van der Waals surface area contributed by atoms with E-state index in [1.54, 1.807) is 38.1 Å². The number of fused-ring (bicyclic) bond motifs is 1. The molecule has 0 unspecified atom stereocenters. The Morgan fingerprint density at radius 2 is 1.93 bits per heavy atom. The normalized spacial score (nSPS) is 11.2. The molecule has 140 valence electrons. The summed E-state index contributed by atoms with van der Waals surface area (Å²) in [6, 6.07) is 8.89. The quantitative estimate of drug-likeness (QED) is 0.650. The second-order valence-corrected chi connectivity index (χ2v) is 7.12. The molecular weight excluding hydrogens is 392 g/mol. The number of nitrogens with one attached hydrogen (secondary N) is 1. The van der Waals surface area contributed by atoms with Gasteiger partial charge in [-0.15, -0.1) is 0 Å². The molecule has 0 saturated carbocycles. The van der Waals surface area contributed by atoms with E-state index in [0.717, 1.165) is 6.07 Å². The van der Waals surface area contributed by atoms with E-state index >= 15 is 0 Å². The molecular formula is C19H16Cl2FN3O2. The summed E-state index contributed by atoms with van der Waals surface area (Å²) in [7, 11) is 0. The summed E-state index contributed by atoms with van der Waals surface area (Å²) in [4.78, 5) is 33.7. The number of carbonyl (C=O) groups is 1. The van der Waals surface area contributed by atoms with E-state index in [1.807, 2.05) is 0 Å². The number of hydrogen-bond donors (Lipinski definition) is 1. The van der Waals surface area contributed by atoms with Crippen molar-refractivity contribution in [1.29, 1.82) is 0 Å². The number of hydrogen-bond acceptors (Lipinski definition) is 3. The first-order chi connectivity index (χ1) is 12.8. The van der Waals surface area contributed by atoms with Crippen LogP contribution in [-0.4, -0.2) is 26.8 Å². The van der Waals surface area contributed by atoms with Crippen LogP contribution < -0.4 is 5.56 Å². The average Bonchev–Trinajstić information content (AvgIpc) is 2.62. The number of amides is 1. The summed E-state index contributed by atoms with van der Waals surface area (Å²) < 4.78 is 13.8. The lowest BCUT2D eigenvalue weighted by Gasteiger charge is -2.27. The molecule has 3 aromatic rings. The van der Waals surface area contributed by atoms with Gasteiger partial charge in [0.2, 0.25) is 0 Å². The minimum atomic E-state index is -0.731. The Hall–Kier alpha value is -2.44. The van der Waals surface area contributed by atoms with Gasteiger partial charge in [0.25, 0.3) is 11.5 Å². The molecule has 3 rings (SSSR count). The molecule has 0 aliphatic heterocycles. The molecule has 0 radical (unpaired) electrons. The number of benzene rings is 2. The Balaban J connectivity index is 1.99. The van der Waals surface area contributed by atoms with Crippen molar-refractivity contribution in [2.45, 2.75) is 26.4 Å². The molecule has 0 saturated heterocycles. The van der Waals surface area contributed by atoms with Gasteiger partial charge in [-0.3, -0.25) is 9.59 Å². The second-order valence-electron chi connectivity index (χ2n) is 6.30. The van der Waals surface area contributed by atoms with Crippen LogP contribution in [0.1, 0.15) is 30.0 Å². The number of para-hydroxylation sites is 1. The number of H-pyrrole nitrogens is 1. The van der Waals surface area contributed by atoms with Gasteiger partial charge in [-0.05, 0) is 38.1 Å². The van der Waals surface area contributed by atoms with Gasteiger partial charge < -0.3 is 9.88 Å². The highest BCUT2D eigenvalue weighted by Crippen LogP contribution is 2.26. The van der Waals surface area contributed by atoms with Crippen molar-refractivity contribution < 1.29 is 9.18 Å². The molecule has 0 aliphatic rings. The lowest BCUT2D eigenvalue weighted by atomic mass is 10.1. The summed E-state index contributed by atoms with van der Waals surface area (Å²) in [5.74, 6) is -0.891. The van der Waals surface area contributed by atoms with Crippen LogP contribution >= 0.6 is 23.2 Å². The molecule has 8 heteroatoms. The van der Waals surface area contributed by atoms with Gasteiger partial charge in [0.15, 0.2) is 0 Å². The summed E-state index contributed by atoms with van der Waals surface area (Å²) in [6.45, 7) is 3.64. The van der Waals surface area contributed by atoms with Gasteiger partial charge in [0, 0.05) is 6.04 Å². The standard InChI is InChI=1S/C19H16Cl2FN3O2/c1-10(2)25(19(27)12-7-15(22)14(21)8-13(12)20)9-17-23-16-6-4-3-5-11(16)18(26)24-17/h3-8,10H,9H2,1-2H3,(H,23,24,26). The van der Waals surface area contributed by atoms with Crippen LogP contribution in [0.25, 0.3) is 10.9 Å². The van der Waals surface area contributed by atoms with Crippen LogP contribution in [0.5, 0.6) is 0 Å². The summed E-state index contributed by atoms with van der Waals surface area (Å²) in [5, 5.41) is 0.358. The van der Waals surface area contributed by atoms with E-state index in [1.165, 1.54) is 11.0 Å². The van der Waals surface area contributed by atoms with E-state index in [0.29, 0.717) is 16.7 Å². The number of carbonyl (C=O) groups excluding carboxylic acids is 1. The first-order valence-electron chi connectivity index (χ1n) is 8.21. The molecule has 0 aliphatic carbocycles. The van der Waals surface area contributed by atoms with Crippen LogP contribution in [0.4, 0.5) is 4.39 Å². The lowest BCUT2D eigenvalue weighted by molar-refractivity contribution is 0.0684. The Morgan fingerprint density at radius 1 is 1.22 bits per heavy atom. The van der Waals surface area contributed by atoms with Crippen molar-refractivity contribution in [3.05, 3.63) is 74.0 Å². The monoisotopic (exact) mass is 407 g/mol. The highest BCUT2D eigenvalue weighted by Gasteiger charge is 2.24. The van der Waals surface area contributed by atoms with Crippen molar-refractivity contribution in [1.82, 2.24) is 14.9 Å². The van der Waals surface area contributed by atoms with Crippen LogP contribution in [-0.2, 0) is 6.54 Å². The maximum atomic E-state index is 13.8. The van der Waals surface area contributed by atoms with Crippen LogP contribution in [0.15, 0.2) is 41.2 Å². The maximum Gasteiger partial charge on any atom is 0.258 e. The highest BCUT2D eigenvalue weighted by molar-refractivity contribution is 6.36. The maximum absolute atomic E-state index is 13.8. The minimum Gasteiger partial charge on any atom is -0.329 e. The van der Waals surface area contributed by atoms with Crippen molar-refractivity contribution in [3.8, 4) is 0 Å². The molecule has 1 heterocycles. The largest absolute Gasteiger partial charge is 0.329 e. The van der Waals surface area contributed by atoms with Crippen molar-refractivity contribution in [2.24, 2.45) is 0 Å². The van der Waals surface area contributed by atoms with E-state index in [-0.39, 0.29) is 33.8 Å². The topological polar surface area (TPSA) is 66.1 Å². The summed E-state index contributed by atoms with van der Waals surface area (Å²) in [6.07, 6.45) is 0. The van der Waals surface area contributed by atoms with Gasteiger partial charge in [-0.2, -0.15) is 0 Å². The van der Waals surface area contributed by atoms with Crippen molar-refractivity contribution in [3.63, 3.8) is 0 Å². The second kappa shape index (κ2) is 7.66. The van der Waals surface area contributed by atoms with Crippen LogP contribution in [0.2, 0.25) is 10.0 Å². The molecule has 0 bridgehead atoms. The average molecular weight is 408 g/mol. The first-order valence-corrected chi connectivity index (χ1v) is 8.97. The SMILES string of the molecule is CC(C)N(Cc1nc2ccccc2c(=O)[nH]1)C(=O)c1cc(F)c(Cl)cc1Cl. The highest BCUT2D eigenvalue weighted by atomic mass is 35.5. The van der Waals surface area contributed by atoms with E-state index < -0.39 is 11.7 Å².